The van der Waals surface area contributed by atoms with Crippen LogP contribution in [0.3, 0.4) is 0 Å². The van der Waals surface area contributed by atoms with Crippen LogP contribution in [0.5, 0.6) is 11.5 Å². The Labute approximate surface area is 705 Å². The maximum atomic E-state index is 16.0. The van der Waals surface area contributed by atoms with Crippen LogP contribution in [-0.2, 0) is 66.2 Å². The van der Waals surface area contributed by atoms with Crippen LogP contribution in [0.2, 0.25) is 0 Å². The first kappa shape index (κ1) is 85.9. The second-order valence-corrected chi connectivity index (χ2v) is 37.2. The van der Waals surface area contributed by atoms with E-state index in [-0.39, 0.29) is 88.6 Å². The van der Waals surface area contributed by atoms with E-state index < -0.39 is 119 Å². The Kier molecular flexibility index (Phi) is 25.4. The monoisotopic (exact) mass is 1670 g/mol. The van der Waals surface area contributed by atoms with Gasteiger partial charge < -0.3 is 70.4 Å². The number of aromatic nitrogens is 3. The van der Waals surface area contributed by atoms with Crippen molar-refractivity contribution in [1.29, 1.82) is 5.41 Å². The number of hydrogen-bond donors (Lipinski definition) is 7. The molecule has 7 N–H and O–H groups in total. The first-order chi connectivity index (χ1) is 56.4. The number of ether oxygens (including phenoxy) is 3. The number of aryl methyl sites for hydroxylation is 3. The molecule has 119 heavy (non-hydrogen) atoms. The maximum absolute atomic E-state index is 16.0. The minimum Gasteiger partial charge on any atom is -0.488 e. The number of aliphatic hydroxyl groups excluding tert-OH is 1. The molecule has 0 aliphatic carbocycles. The molecule has 0 bridgehead atoms. The van der Waals surface area contributed by atoms with Crippen molar-refractivity contribution in [3.63, 3.8) is 0 Å². The van der Waals surface area contributed by atoms with Gasteiger partial charge in [0.1, 0.15) is 70.9 Å². The minimum atomic E-state index is -1.55. The molecule has 3 aromatic heterocycles. The van der Waals surface area contributed by atoms with E-state index in [0.29, 0.717) is 40.3 Å². The van der Waals surface area contributed by atoms with Crippen LogP contribution in [0.15, 0.2) is 126 Å². The highest BCUT2D eigenvalue weighted by molar-refractivity contribution is 7.14. The molecule has 8 aromatic rings. The topological polar surface area (TPSA) is 340 Å². The standard InChI is InChI=1S/C89H106N14O13S3/c1-48(2)71(82(109)99-42-62(104)34-69(99)77(90)91-37-54-16-22-57(23-17-54)73-50(5)94-45-117-73)101-40-61-33-64(29-31-67(61)80(101)107)115-66-36-89(15,85(112)93-39-56-20-26-59(27-21-56)75-52(7)96-47-119-75)103(44-66)83(110)72(49(3)4)102-41-60-32-63(28-30-68(60)81(102)108)114-65-35-70(79(106)92-38-55-18-24-58(25-19-55)74-51(6)95-46-118-74)100(43-65)84(111)76(87(9,10)11)98-78(105)53(8)97-86(113)116-88(12,13)14/h16-33,45-49,53,62,65-66,69-72,76,104H,34-44H2,1-15H3,(H2,90,91)(H,92,106)(H,93,112)(H,97,113)(H,98,105)/t53-,62+,65+,66+,69-,70-,71-,72-,76+,89?/m0/s1. The van der Waals surface area contributed by atoms with Crippen molar-refractivity contribution in [3.05, 3.63) is 182 Å². The Morgan fingerprint density at radius 2 is 1.02 bits per heavy atom. The summed E-state index contributed by atoms with van der Waals surface area (Å²) in [6.45, 7) is 27.4. The molecule has 13 rings (SSSR count). The molecule has 27 nitrogen and oxygen atoms in total. The average molecular weight is 1680 g/mol. The summed E-state index contributed by atoms with van der Waals surface area (Å²) in [5.41, 5.74) is 12.3. The third-order valence-corrected chi connectivity index (χ3v) is 25.7. The van der Waals surface area contributed by atoms with Gasteiger partial charge in [0.15, 0.2) is 0 Å². The summed E-state index contributed by atoms with van der Waals surface area (Å²) < 4.78 is 19.0. The predicted octanol–water partition coefficient (Wildman–Crippen LogP) is 11.5. The summed E-state index contributed by atoms with van der Waals surface area (Å²) in [5, 5.41) is 35.0. The largest absolute Gasteiger partial charge is 0.488 e. The highest BCUT2D eigenvalue weighted by Gasteiger charge is 2.55. The number of fused-ring (bicyclic) bond motifs is 2. The lowest BCUT2D eigenvalue weighted by molar-refractivity contribution is -0.148. The molecule has 628 valence electrons. The summed E-state index contributed by atoms with van der Waals surface area (Å²) in [4.78, 5) is 156. The second-order valence-electron chi connectivity index (χ2n) is 34.7. The van der Waals surface area contributed by atoms with Crippen LogP contribution in [-0.4, -0.2) is 189 Å². The SMILES string of the molecule is Cc1ncsc1-c1ccc(CNC(=N)[C@@H]2C[C@@H](O)CN2C(=O)[C@H](C(C)C)N2Cc3cc(O[C@H]4CN(C(=O)[C@H](C(C)C)N5Cc6cc(O[C@@H]7C[C@@H](C(=O)NCc8ccc(-c9scnc9C)cc8)N(C(=O)[C@@H](NC(=O)[C@H](C)NC(=O)OC(C)(C)C)C(C)(C)C)C7)ccc6C5=O)C(C)(C(=O)NCc5ccc(-c6scnc6C)cc5)C4)ccc3C2=O)cc1. The first-order valence-electron chi connectivity index (χ1n) is 40.4. The number of β-amino-alcohol motifs (C(OH)–C–C–N with tert-alkyl or cyclic N) is 1. The van der Waals surface area contributed by atoms with Gasteiger partial charge in [0.05, 0.1) is 73.5 Å². The third-order valence-electron chi connectivity index (χ3n) is 22.8. The molecule has 8 heterocycles. The van der Waals surface area contributed by atoms with Crippen molar-refractivity contribution in [2.45, 2.75) is 222 Å². The van der Waals surface area contributed by atoms with Gasteiger partial charge in [-0.25, -0.2) is 19.7 Å². The summed E-state index contributed by atoms with van der Waals surface area (Å²) in [6, 6.07) is 27.5. The van der Waals surface area contributed by atoms with Crippen LogP contribution >= 0.6 is 34.0 Å². The van der Waals surface area contributed by atoms with Crippen molar-refractivity contribution in [3.8, 4) is 42.8 Å². The lowest BCUT2D eigenvalue weighted by Crippen LogP contribution is -2.60. The van der Waals surface area contributed by atoms with Crippen molar-refractivity contribution < 1.29 is 62.5 Å². The average Bonchev–Trinajstić information content (AvgIpc) is 1.61. The van der Waals surface area contributed by atoms with Gasteiger partial charge in [-0.2, -0.15) is 0 Å². The van der Waals surface area contributed by atoms with Crippen LogP contribution in [0.25, 0.3) is 31.3 Å². The molecule has 10 atom stereocenters. The molecule has 5 aliphatic heterocycles. The molecule has 0 saturated carbocycles. The number of nitrogens with one attached hydrogen (secondary N) is 6. The minimum absolute atomic E-state index is 0.0141. The number of nitrogens with zero attached hydrogens (tertiary/aromatic N) is 8. The number of aliphatic hydroxyl groups is 1. The van der Waals surface area contributed by atoms with Crippen molar-refractivity contribution in [1.82, 2.24) is 66.0 Å². The molecule has 9 amide bonds. The Morgan fingerprint density at radius 1 is 0.563 bits per heavy atom. The molecular weight excluding hydrogens is 1570 g/mol. The van der Waals surface area contributed by atoms with Gasteiger partial charge in [0, 0.05) is 69.7 Å². The molecular formula is C89H106N14O13S3. The van der Waals surface area contributed by atoms with Crippen LogP contribution in [0.4, 0.5) is 4.79 Å². The van der Waals surface area contributed by atoms with E-state index in [2.05, 4.69) is 41.5 Å². The molecule has 1 unspecified atom stereocenters. The van der Waals surface area contributed by atoms with Crippen LogP contribution < -0.4 is 36.1 Å². The highest BCUT2D eigenvalue weighted by atomic mass is 32.1. The van der Waals surface area contributed by atoms with E-state index in [4.69, 9.17) is 14.2 Å². The second kappa shape index (κ2) is 35.2. The molecule has 3 fully saturated rings. The first-order valence-corrected chi connectivity index (χ1v) is 43.0. The van der Waals surface area contributed by atoms with Gasteiger partial charge in [-0.1, -0.05) is 121 Å². The Balaban J connectivity index is 0.713. The smallest absolute Gasteiger partial charge is 0.408 e. The molecule has 30 heteroatoms. The third kappa shape index (κ3) is 18.9. The number of rotatable bonds is 26. The molecule has 5 aromatic carbocycles. The Bertz CT molecular complexity index is 5170. The fourth-order valence-electron chi connectivity index (χ4n) is 16.5. The number of amidine groups is 1. The van der Waals surface area contributed by atoms with E-state index in [1.807, 2.05) is 127 Å². The maximum Gasteiger partial charge on any atom is 0.408 e. The molecule has 5 aliphatic rings. The van der Waals surface area contributed by atoms with Gasteiger partial charge in [0.2, 0.25) is 35.4 Å². The normalized spacial score (nSPS) is 20.1. The Morgan fingerprint density at radius 3 is 1.47 bits per heavy atom. The number of hydrogen-bond acceptors (Lipinski definition) is 20. The number of alkyl carbamates (subject to hydrolysis) is 1. The van der Waals surface area contributed by atoms with E-state index in [9.17, 15) is 34.5 Å². The lowest BCUT2D eigenvalue weighted by Gasteiger charge is -2.39. The fraction of sp³-hybridized carbons (Fsp3) is 0.449. The fourth-order valence-corrected chi connectivity index (χ4v) is 19.0. The lowest BCUT2D eigenvalue weighted by atomic mass is 9.85. The van der Waals surface area contributed by atoms with E-state index in [1.54, 1.807) is 112 Å². The Hall–Kier alpha value is -11.0. The molecule has 0 spiro atoms. The highest BCUT2D eigenvalue weighted by Crippen LogP contribution is 2.41. The number of thiazole rings is 3. The molecule has 3 saturated heterocycles. The zero-order valence-electron chi connectivity index (χ0n) is 69.9. The van der Waals surface area contributed by atoms with Gasteiger partial charge in [-0.3, -0.25) is 43.8 Å². The van der Waals surface area contributed by atoms with E-state index in [1.165, 1.54) is 49.2 Å². The summed E-state index contributed by atoms with van der Waals surface area (Å²) >= 11 is 4.64. The summed E-state index contributed by atoms with van der Waals surface area (Å²) in [6.07, 6.45) is -3.06. The zero-order valence-corrected chi connectivity index (χ0v) is 72.4. The number of likely N-dealkylation sites (tertiary alicyclic amines) is 3. The van der Waals surface area contributed by atoms with Gasteiger partial charge in [0.25, 0.3) is 11.8 Å². The van der Waals surface area contributed by atoms with Crippen molar-refractivity contribution in [2.75, 3.05) is 19.6 Å². The zero-order chi connectivity index (χ0) is 85.4. The van der Waals surface area contributed by atoms with Gasteiger partial charge in [-0.05, 0) is 154 Å². The molecule has 0 radical (unpaired) electrons. The number of carbonyl (C=O) groups excluding carboxylic acids is 9. The van der Waals surface area contributed by atoms with Crippen LogP contribution in [0.1, 0.15) is 168 Å². The van der Waals surface area contributed by atoms with E-state index in [0.717, 1.165) is 65.1 Å². The van der Waals surface area contributed by atoms with Crippen molar-refractivity contribution in [2.24, 2.45) is 17.3 Å². The number of benzene rings is 5. The summed E-state index contributed by atoms with van der Waals surface area (Å²) in [5.74, 6) is -3.87. The van der Waals surface area contributed by atoms with E-state index >= 15 is 19.2 Å². The van der Waals surface area contributed by atoms with Gasteiger partial charge >= 0.3 is 6.09 Å². The summed E-state index contributed by atoms with van der Waals surface area (Å²) in [7, 11) is 0. The van der Waals surface area contributed by atoms with Crippen molar-refractivity contribution >= 4 is 93.2 Å². The number of amides is 9. The number of carbonyl (C=O) groups is 9. The van der Waals surface area contributed by atoms with Crippen LogP contribution in [0, 0.1) is 43.4 Å². The van der Waals surface area contributed by atoms with Gasteiger partial charge in [-0.15, -0.1) is 34.0 Å². The quantitative estimate of drug-likeness (QED) is 0.0196. The predicted molar refractivity (Wildman–Crippen MR) is 455 cm³/mol.